The van der Waals surface area contributed by atoms with Gasteiger partial charge in [-0.2, -0.15) is 5.10 Å². The summed E-state index contributed by atoms with van der Waals surface area (Å²) in [6.45, 7) is 11.1. The Hall–Kier alpha value is -1.97. The summed E-state index contributed by atoms with van der Waals surface area (Å²) in [5, 5.41) is 7.99. The predicted octanol–water partition coefficient (Wildman–Crippen LogP) is 4.17. The van der Waals surface area contributed by atoms with Crippen LogP contribution < -0.4 is 14.8 Å². The van der Waals surface area contributed by atoms with Crippen molar-refractivity contribution in [2.45, 2.75) is 46.7 Å². The first-order valence-electron chi connectivity index (χ1n) is 10.2. The molecule has 0 radical (unpaired) electrons. The Balaban J connectivity index is 0.00000450. The van der Waals surface area contributed by atoms with Crippen molar-refractivity contribution in [2.24, 2.45) is 12.0 Å². The molecule has 0 unspecified atom stereocenters. The van der Waals surface area contributed by atoms with E-state index < -0.39 is 0 Å². The van der Waals surface area contributed by atoms with Gasteiger partial charge in [0, 0.05) is 38.9 Å². The number of hydrogen-bond donors (Lipinski definition) is 1. The maximum Gasteiger partial charge on any atom is 0.194 e. The first kappa shape index (κ1) is 26.1. The Bertz CT molecular complexity index is 820. The van der Waals surface area contributed by atoms with E-state index in [1.54, 1.807) is 7.11 Å². The first-order valence-corrected chi connectivity index (χ1v) is 10.2. The number of methoxy groups -OCH3 is 1. The lowest BCUT2D eigenvalue weighted by molar-refractivity contribution is 0.310. The molecule has 0 bridgehead atoms. The van der Waals surface area contributed by atoms with Gasteiger partial charge < -0.3 is 19.7 Å². The summed E-state index contributed by atoms with van der Waals surface area (Å²) in [5.41, 5.74) is 3.42. The van der Waals surface area contributed by atoms with Crippen LogP contribution in [0, 0.1) is 0 Å². The van der Waals surface area contributed by atoms with E-state index in [0.717, 1.165) is 41.8 Å². The van der Waals surface area contributed by atoms with Crippen molar-refractivity contribution >= 4 is 29.9 Å². The van der Waals surface area contributed by atoms with E-state index in [4.69, 9.17) is 14.5 Å². The molecule has 1 N–H and O–H groups in total. The van der Waals surface area contributed by atoms with Crippen LogP contribution in [0.15, 0.2) is 29.4 Å². The van der Waals surface area contributed by atoms with Gasteiger partial charge in [0.05, 0.1) is 26.0 Å². The molecule has 0 saturated heterocycles. The van der Waals surface area contributed by atoms with Crippen LogP contribution in [0.2, 0.25) is 0 Å². The highest BCUT2D eigenvalue weighted by Gasteiger charge is 2.15. The molecule has 30 heavy (non-hydrogen) atoms. The molecular weight excluding hydrogens is 493 g/mol. The molecule has 0 aliphatic carbocycles. The van der Waals surface area contributed by atoms with Gasteiger partial charge in [-0.05, 0) is 37.5 Å². The molecule has 1 aromatic heterocycles. The fourth-order valence-electron chi connectivity index (χ4n) is 3.22. The van der Waals surface area contributed by atoms with Gasteiger partial charge >= 0.3 is 0 Å². The van der Waals surface area contributed by atoms with Gasteiger partial charge in [-0.25, -0.2) is 4.99 Å². The summed E-state index contributed by atoms with van der Waals surface area (Å²) in [6, 6.07) is 5.94. The Labute approximate surface area is 197 Å². The zero-order valence-electron chi connectivity index (χ0n) is 19.2. The van der Waals surface area contributed by atoms with Crippen LogP contribution in [0.3, 0.4) is 0 Å². The molecular formula is C22H36IN5O2. The molecule has 168 valence electrons. The van der Waals surface area contributed by atoms with E-state index in [1.165, 1.54) is 5.56 Å². The number of hydrogen-bond acceptors (Lipinski definition) is 4. The summed E-state index contributed by atoms with van der Waals surface area (Å²) < 4.78 is 12.9. The minimum Gasteiger partial charge on any atom is -0.493 e. The van der Waals surface area contributed by atoms with Crippen molar-refractivity contribution in [3.63, 3.8) is 0 Å². The van der Waals surface area contributed by atoms with Gasteiger partial charge in [0.25, 0.3) is 0 Å². The lowest BCUT2D eigenvalue weighted by atomic mass is 10.1. The van der Waals surface area contributed by atoms with Crippen molar-refractivity contribution in [3.05, 3.63) is 41.2 Å². The maximum atomic E-state index is 5.68. The summed E-state index contributed by atoms with van der Waals surface area (Å²) in [4.78, 5) is 6.96. The smallest absolute Gasteiger partial charge is 0.194 e. The van der Waals surface area contributed by atoms with Gasteiger partial charge in [-0.15, -0.1) is 24.0 Å². The second-order valence-electron chi connectivity index (χ2n) is 7.31. The Morgan fingerprint density at radius 3 is 2.60 bits per heavy atom. The molecule has 1 heterocycles. The van der Waals surface area contributed by atoms with E-state index in [1.807, 2.05) is 36.9 Å². The van der Waals surface area contributed by atoms with Crippen LogP contribution in [-0.4, -0.2) is 47.9 Å². The predicted molar refractivity (Wildman–Crippen MR) is 133 cm³/mol. The van der Waals surface area contributed by atoms with Gasteiger partial charge in [0.2, 0.25) is 0 Å². The number of aliphatic imine (C=N–C) groups is 1. The third kappa shape index (κ3) is 7.07. The SMILES string of the molecule is CCNC(=NCc1ccc(OC)c(OCC)c1)N(C)Cc1cn(C)nc1C(C)C.I. The van der Waals surface area contributed by atoms with E-state index in [-0.39, 0.29) is 24.0 Å². The summed E-state index contributed by atoms with van der Waals surface area (Å²) in [5.74, 6) is 2.73. The molecule has 8 heteroatoms. The highest BCUT2D eigenvalue weighted by molar-refractivity contribution is 14.0. The minimum absolute atomic E-state index is 0. The number of benzene rings is 1. The number of nitrogens with one attached hydrogen (secondary N) is 1. The lowest BCUT2D eigenvalue weighted by Gasteiger charge is -2.22. The topological polar surface area (TPSA) is 63.9 Å². The molecule has 0 spiro atoms. The summed E-state index contributed by atoms with van der Waals surface area (Å²) in [6.07, 6.45) is 2.09. The van der Waals surface area contributed by atoms with Crippen LogP contribution in [-0.2, 0) is 20.1 Å². The third-order valence-corrected chi connectivity index (χ3v) is 4.53. The first-order chi connectivity index (χ1) is 13.9. The normalized spacial score (nSPS) is 11.3. The van der Waals surface area contributed by atoms with E-state index >= 15 is 0 Å². The largest absolute Gasteiger partial charge is 0.493 e. The second kappa shape index (κ2) is 12.7. The monoisotopic (exact) mass is 529 g/mol. The molecule has 2 rings (SSSR count). The van der Waals surface area contributed by atoms with Crippen LogP contribution in [0.1, 0.15) is 50.4 Å². The van der Waals surface area contributed by atoms with Crippen molar-refractivity contribution in [1.29, 1.82) is 0 Å². The molecule has 0 fully saturated rings. The van der Waals surface area contributed by atoms with Gasteiger partial charge in [-0.3, -0.25) is 4.68 Å². The minimum atomic E-state index is 0. The average Bonchev–Trinajstić information content (AvgIpc) is 3.06. The number of ether oxygens (including phenoxy) is 2. The van der Waals surface area contributed by atoms with Crippen molar-refractivity contribution < 1.29 is 9.47 Å². The van der Waals surface area contributed by atoms with Gasteiger partial charge in [0.1, 0.15) is 0 Å². The highest BCUT2D eigenvalue weighted by atomic mass is 127. The van der Waals surface area contributed by atoms with Crippen LogP contribution >= 0.6 is 24.0 Å². The van der Waals surface area contributed by atoms with Crippen molar-refractivity contribution in [2.75, 3.05) is 27.3 Å². The fraction of sp³-hybridized carbons (Fsp3) is 0.545. The molecule has 2 aromatic rings. The van der Waals surface area contributed by atoms with Crippen molar-refractivity contribution in [1.82, 2.24) is 20.0 Å². The van der Waals surface area contributed by atoms with Crippen molar-refractivity contribution in [3.8, 4) is 11.5 Å². The van der Waals surface area contributed by atoms with Gasteiger partial charge in [-0.1, -0.05) is 19.9 Å². The standard InChI is InChI=1S/C22H35N5O2.HI/c1-8-23-22(26(5)14-18-15-27(6)25-21(18)16(3)4)24-13-17-10-11-19(28-7)20(12-17)29-9-2;/h10-12,15-16H,8-9,13-14H2,1-7H3,(H,23,24);1H. The van der Waals surface area contributed by atoms with E-state index in [0.29, 0.717) is 19.1 Å². The van der Waals surface area contributed by atoms with Crippen LogP contribution in [0.4, 0.5) is 0 Å². The quantitative estimate of drug-likeness (QED) is 0.300. The Morgan fingerprint density at radius 1 is 1.27 bits per heavy atom. The summed E-state index contributed by atoms with van der Waals surface area (Å²) >= 11 is 0. The van der Waals surface area contributed by atoms with E-state index in [2.05, 4.69) is 49.3 Å². The number of aromatic nitrogens is 2. The molecule has 0 atom stereocenters. The van der Waals surface area contributed by atoms with Crippen LogP contribution in [0.5, 0.6) is 11.5 Å². The third-order valence-electron chi connectivity index (χ3n) is 4.53. The molecule has 0 aliphatic rings. The summed E-state index contributed by atoms with van der Waals surface area (Å²) in [7, 11) is 5.67. The maximum absolute atomic E-state index is 5.68. The highest BCUT2D eigenvalue weighted by Crippen LogP contribution is 2.28. The van der Waals surface area contributed by atoms with Gasteiger partial charge in [0.15, 0.2) is 17.5 Å². The van der Waals surface area contributed by atoms with E-state index in [9.17, 15) is 0 Å². The number of nitrogens with zero attached hydrogens (tertiary/aromatic N) is 4. The number of halogens is 1. The Morgan fingerprint density at radius 2 is 2.00 bits per heavy atom. The molecule has 0 amide bonds. The molecule has 0 saturated carbocycles. The number of aryl methyl sites for hydroxylation is 1. The number of guanidine groups is 1. The molecule has 1 aromatic carbocycles. The second-order valence-corrected chi connectivity index (χ2v) is 7.31. The number of rotatable bonds is 9. The molecule has 7 nitrogen and oxygen atoms in total. The van der Waals surface area contributed by atoms with Crippen LogP contribution in [0.25, 0.3) is 0 Å². The average molecular weight is 529 g/mol. The molecule has 0 aliphatic heterocycles. The Kier molecular flexibility index (Phi) is 11.0. The zero-order valence-corrected chi connectivity index (χ0v) is 21.6. The zero-order chi connectivity index (χ0) is 21.4. The lowest BCUT2D eigenvalue weighted by Crippen LogP contribution is -2.38. The fourth-order valence-corrected chi connectivity index (χ4v) is 3.22.